The van der Waals surface area contributed by atoms with Crippen molar-refractivity contribution in [3.8, 4) is 5.69 Å². The number of para-hydroxylation sites is 1. The van der Waals surface area contributed by atoms with E-state index >= 15 is 0 Å². The Labute approximate surface area is 119 Å². The number of rotatable bonds is 6. The maximum atomic E-state index is 4.55. The summed E-state index contributed by atoms with van der Waals surface area (Å²) < 4.78 is 0. The van der Waals surface area contributed by atoms with E-state index in [1.807, 2.05) is 36.5 Å². The summed E-state index contributed by atoms with van der Waals surface area (Å²) in [5.41, 5.74) is 2.04. The lowest BCUT2D eigenvalue weighted by atomic mass is 10.1. The van der Waals surface area contributed by atoms with Gasteiger partial charge >= 0.3 is 0 Å². The fourth-order valence-electron chi connectivity index (χ4n) is 2.91. The van der Waals surface area contributed by atoms with E-state index in [9.17, 15) is 0 Å². The second-order valence-electron chi connectivity index (χ2n) is 6.04. The molecule has 0 radical (unpaired) electrons. The number of nitrogens with one attached hydrogen (secondary N) is 1. The molecule has 0 unspecified atom stereocenters. The quantitative estimate of drug-likeness (QED) is 0.875. The zero-order valence-electron chi connectivity index (χ0n) is 11.6. The molecule has 1 heterocycles. The average molecular weight is 268 g/mol. The normalized spacial score (nSPS) is 18.6. The Morgan fingerprint density at radius 3 is 2.45 bits per heavy atom. The number of aromatic nitrogens is 3. The van der Waals surface area contributed by atoms with E-state index < -0.39 is 0 Å². The standard InChI is InChI=1S/C16H20N4/c1-2-4-15(5-3-1)20-18-11-14(19-20)10-17-16(12-6-7-12)13-8-9-13/h1-5,11-13,16-17H,6-10H2. The fourth-order valence-corrected chi connectivity index (χ4v) is 2.91. The molecule has 2 fully saturated rings. The Morgan fingerprint density at radius 1 is 1.10 bits per heavy atom. The van der Waals surface area contributed by atoms with Gasteiger partial charge in [0.05, 0.1) is 17.6 Å². The van der Waals surface area contributed by atoms with Crippen molar-refractivity contribution in [1.29, 1.82) is 0 Å². The zero-order valence-corrected chi connectivity index (χ0v) is 11.6. The van der Waals surface area contributed by atoms with Crippen LogP contribution in [0, 0.1) is 11.8 Å². The molecule has 0 bridgehead atoms. The topological polar surface area (TPSA) is 42.7 Å². The lowest BCUT2D eigenvalue weighted by Gasteiger charge is -2.16. The highest BCUT2D eigenvalue weighted by molar-refractivity contribution is 5.28. The van der Waals surface area contributed by atoms with Crippen molar-refractivity contribution in [3.05, 3.63) is 42.2 Å². The van der Waals surface area contributed by atoms with Crippen LogP contribution in [0.3, 0.4) is 0 Å². The molecule has 1 aromatic heterocycles. The van der Waals surface area contributed by atoms with Crippen LogP contribution < -0.4 is 5.32 Å². The minimum absolute atomic E-state index is 0.719. The van der Waals surface area contributed by atoms with Crippen molar-refractivity contribution >= 4 is 0 Å². The monoisotopic (exact) mass is 268 g/mol. The maximum Gasteiger partial charge on any atom is 0.0969 e. The van der Waals surface area contributed by atoms with Crippen LogP contribution in [0.5, 0.6) is 0 Å². The van der Waals surface area contributed by atoms with E-state index in [1.54, 1.807) is 4.80 Å². The molecule has 2 aliphatic carbocycles. The molecule has 4 heteroatoms. The molecule has 2 aliphatic rings. The molecule has 0 atom stereocenters. The van der Waals surface area contributed by atoms with Crippen molar-refractivity contribution in [2.24, 2.45) is 11.8 Å². The first-order valence-corrected chi connectivity index (χ1v) is 7.60. The van der Waals surface area contributed by atoms with Gasteiger partial charge in [-0.2, -0.15) is 15.0 Å². The number of hydrogen-bond donors (Lipinski definition) is 1. The summed E-state index contributed by atoms with van der Waals surface area (Å²) in [6.07, 6.45) is 7.50. The predicted molar refractivity (Wildman–Crippen MR) is 77.4 cm³/mol. The fraction of sp³-hybridized carbons (Fsp3) is 0.500. The molecule has 1 N–H and O–H groups in total. The van der Waals surface area contributed by atoms with Crippen LogP contribution in [0.15, 0.2) is 36.5 Å². The van der Waals surface area contributed by atoms with Crippen molar-refractivity contribution in [3.63, 3.8) is 0 Å². The van der Waals surface area contributed by atoms with Crippen molar-refractivity contribution < 1.29 is 0 Å². The van der Waals surface area contributed by atoms with E-state index in [-0.39, 0.29) is 0 Å². The first kappa shape index (κ1) is 12.1. The van der Waals surface area contributed by atoms with Crippen molar-refractivity contribution in [2.45, 2.75) is 38.3 Å². The molecule has 0 saturated heterocycles. The molecular weight excluding hydrogens is 248 g/mol. The zero-order chi connectivity index (χ0) is 13.4. The van der Waals surface area contributed by atoms with E-state index in [4.69, 9.17) is 0 Å². The highest BCUT2D eigenvalue weighted by Crippen LogP contribution is 2.44. The Hall–Kier alpha value is -1.68. The second-order valence-corrected chi connectivity index (χ2v) is 6.04. The van der Waals surface area contributed by atoms with Gasteiger partial charge in [-0.05, 0) is 49.7 Å². The molecule has 20 heavy (non-hydrogen) atoms. The molecule has 0 spiro atoms. The minimum atomic E-state index is 0.719. The largest absolute Gasteiger partial charge is 0.308 e. The van der Waals surface area contributed by atoms with Gasteiger partial charge in [0, 0.05) is 12.6 Å². The van der Waals surface area contributed by atoms with Gasteiger partial charge in [-0.3, -0.25) is 0 Å². The molecule has 1 aromatic carbocycles. The summed E-state index contributed by atoms with van der Waals surface area (Å²) in [4.78, 5) is 1.71. The summed E-state index contributed by atoms with van der Waals surface area (Å²) in [6.45, 7) is 0.838. The van der Waals surface area contributed by atoms with Gasteiger partial charge in [0.2, 0.25) is 0 Å². The predicted octanol–water partition coefficient (Wildman–Crippen LogP) is 2.55. The second kappa shape index (κ2) is 5.02. The third-order valence-electron chi connectivity index (χ3n) is 4.31. The summed E-state index contributed by atoms with van der Waals surface area (Å²) in [5.74, 6) is 1.85. The van der Waals surface area contributed by atoms with Crippen molar-refractivity contribution in [1.82, 2.24) is 20.3 Å². The van der Waals surface area contributed by atoms with Crippen LogP contribution in [0.1, 0.15) is 31.4 Å². The molecule has 0 amide bonds. The highest BCUT2D eigenvalue weighted by Gasteiger charge is 2.41. The van der Waals surface area contributed by atoms with Crippen LogP contribution in [0.2, 0.25) is 0 Å². The SMILES string of the molecule is c1ccc(-n2ncc(CNC(C3CC3)C3CC3)n2)cc1. The van der Waals surface area contributed by atoms with Gasteiger partial charge in [0.15, 0.2) is 0 Å². The van der Waals surface area contributed by atoms with Gasteiger partial charge in [0.1, 0.15) is 0 Å². The van der Waals surface area contributed by atoms with Gasteiger partial charge in [0.25, 0.3) is 0 Å². The summed E-state index contributed by atoms with van der Waals surface area (Å²) in [6, 6.07) is 10.8. The van der Waals surface area contributed by atoms with Crippen LogP contribution in [0.4, 0.5) is 0 Å². The van der Waals surface area contributed by atoms with E-state index in [0.29, 0.717) is 0 Å². The lowest BCUT2D eigenvalue weighted by Crippen LogP contribution is -2.32. The third-order valence-corrected chi connectivity index (χ3v) is 4.31. The lowest BCUT2D eigenvalue weighted by molar-refractivity contribution is 0.413. The van der Waals surface area contributed by atoms with E-state index in [1.165, 1.54) is 25.7 Å². The maximum absolute atomic E-state index is 4.55. The molecule has 4 rings (SSSR count). The number of hydrogen-bond acceptors (Lipinski definition) is 3. The molecule has 4 nitrogen and oxygen atoms in total. The first-order chi connectivity index (χ1) is 9.90. The Morgan fingerprint density at radius 2 is 1.80 bits per heavy atom. The van der Waals surface area contributed by atoms with Crippen LogP contribution >= 0.6 is 0 Å². The van der Waals surface area contributed by atoms with E-state index in [2.05, 4.69) is 15.5 Å². The number of nitrogens with zero attached hydrogens (tertiary/aromatic N) is 3. The van der Waals surface area contributed by atoms with Gasteiger partial charge in [-0.15, -0.1) is 0 Å². The summed E-state index contributed by atoms with van der Waals surface area (Å²) >= 11 is 0. The molecule has 2 aromatic rings. The van der Waals surface area contributed by atoms with Gasteiger partial charge in [-0.1, -0.05) is 18.2 Å². The Bertz CT molecular complexity index is 557. The van der Waals surface area contributed by atoms with Crippen LogP contribution in [0.25, 0.3) is 5.69 Å². The average Bonchev–Trinajstić information content (AvgIpc) is 3.41. The highest BCUT2D eigenvalue weighted by atomic mass is 15.5. The molecule has 0 aliphatic heterocycles. The Balaban J connectivity index is 1.41. The van der Waals surface area contributed by atoms with Gasteiger partial charge < -0.3 is 5.32 Å². The van der Waals surface area contributed by atoms with Crippen LogP contribution in [-0.2, 0) is 6.54 Å². The van der Waals surface area contributed by atoms with Crippen LogP contribution in [-0.4, -0.2) is 21.0 Å². The van der Waals surface area contributed by atoms with E-state index in [0.717, 1.165) is 35.8 Å². The van der Waals surface area contributed by atoms with Crippen molar-refractivity contribution in [2.75, 3.05) is 0 Å². The minimum Gasteiger partial charge on any atom is -0.308 e. The Kier molecular flexibility index (Phi) is 3.03. The number of benzene rings is 1. The summed E-state index contributed by atoms with van der Waals surface area (Å²) in [5, 5.41) is 12.6. The smallest absolute Gasteiger partial charge is 0.0969 e. The first-order valence-electron chi connectivity index (χ1n) is 7.60. The molecule has 2 saturated carbocycles. The third kappa shape index (κ3) is 2.61. The molecule has 104 valence electrons. The van der Waals surface area contributed by atoms with Gasteiger partial charge in [-0.25, -0.2) is 0 Å². The molecular formula is C16H20N4. The summed E-state index contributed by atoms with van der Waals surface area (Å²) in [7, 11) is 0.